The first-order valence-electron chi connectivity index (χ1n) is 5.57. The van der Waals surface area contributed by atoms with Crippen LogP contribution in [0, 0.1) is 5.92 Å². The predicted octanol–water partition coefficient (Wildman–Crippen LogP) is 1.49. The Kier molecular flexibility index (Phi) is 3.69. The molecule has 1 unspecified atom stereocenters. The molecule has 2 rings (SSSR count). The maximum absolute atomic E-state index is 12.2. The molecule has 1 atom stereocenters. The zero-order valence-electron chi connectivity index (χ0n) is 9.40. The number of halogens is 1. The smallest absolute Gasteiger partial charge is 0.255 e. The van der Waals surface area contributed by atoms with Crippen LogP contribution in [0.3, 0.4) is 0 Å². The SMILES string of the molecule is Nc1cccc(C(=O)N2CCC(CO)C2)c1Br. The molecular weight excluding hydrogens is 284 g/mol. The van der Waals surface area contributed by atoms with E-state index in [0.717, 1.165) is 6.42 Å². The van der Waals surface area contributed by atoms with Crippen LogP contribution in [0.2, 0.25) is 0 Å². The van der Waals surface area contributed by atoms with Gasteiger partial charge in [0.25, 0.3) is 5.91 Å². The second-order valence-corrected chi connectivity index (χ2v) is 5.09. The molecule has 1 fully saturated rings. The van der Waals surface area contributed by atoms with E-state index in [2.05, 4.69) is 15.9 Å². The minimum Gasteiger partial charge on any atom is -0.398 e. The second-order valence-electron chi connectivity index (χ2n) is 4.30. The Labute approximate surface area is 109 Å². The Balaban J connectivity index is 2.18. The number of nitrogens with zero attached hydrogens (tertiary/aromatic N) is 1. The van der Waals surface area contributed by atoms with Crippen LogP contribution in [0.15, 0.2) is 22.7 Å². The highest BCUT2D eigenvalue weighted by molar-refractivity contribution is 9.10. The number of amides is 1. The van der Waals surface area contributed by atoms with Gasteiger partial charge in [0.2, 0.25) is 0 Å². The van der Waals surface area contributed by atoms with Crippen LogP contribution in [0.1, 0.15) is 16.8 Å². The lowest BCUT2D eigenvalue weighted by Crippen LogP contribution is -2.29. The van der Waals surface area contributed by atoms with E-state index >= 15 is 0 Å². The number of carbonyl (C=O) groups is 1. The largest absolute Gasteiger partial charge is 0.398 e. The topological polar surface area (TPSA) is 66.6 Å². The van der Waals surface area contributed by atoms with Crippen molar-refractivity contribution in [3.8, 4) is 0 Å². The normalized spacial score (nSPS) is 19.6. The van der Waals surface area contributed by atoms with E-state index in [1.54, 1.807) is 23.1 Å². The molecule has 0 bridgehead atoms. The van der Waals surface area contributed by atoms with Gasteiger partial charge in [-0.3, -0.25) is 4.79 Å². The van der Waals surface area contributed by atoms with E-state index in [1.165, 1.54) is 0 Å². The minimum absolute atomic E-state index is 0.0277. The Morgan fingerprint density at radius 1 is 1.59 bits per heavy atom. The number of nitrogens with two attached hydrogens (primary N) is 1. The summed E-state index contributed by atoms with van der Waals surface area (Å²) in [6.07, 6.45) is 0.863. The number of aliphatic hydroxyl groups is 1. The summed E-state index contributed by atoms with van der Waals surface area (Å²) in [5.74, 6) is 0.180. The van der Waals surface area contributed by atoms with Crippen molar-refractivity contribution in [2.45, 2.75) is 6.42 Å². The average molecular weight is 299 g/mol. The van der Waals surface area contributed by atoms with Crippen LogP contribution >= 0.6 is 15.9 Å². The van der Waals surface area contributed by atoms with Crippen LogP contribution < -0.4 is 5.73 Å². The van der Waals surface area contributed by atoms with Crippen molar-refractivity contribution in [3.05, 3.63) is 28.2 Å². The van der Waals surface area contributed by atoms with Gasteiger partial charge in [-0.2, -0.15) is 0 Å². The summed E-state index contributed by atoms with van der Waals surface area (Å²) < 4.78 is 0.650. The summed E-state index contributed by atoms with van der Waals surface area (Å²) in [6.45, 7) is 1.46. The fourth-order valence-corrected chi connectivity index (χ4v) is 2.49. The lowest BCUT2D eigenvalue weighted by molar-refractivity contribution is 0.0781. The van der Waals surface area contributed by atoms with Crippen LogP contribution in [-0.2, 0) is 0 Å². The van der Waals surface area contributed by atoms with Gasteiger partial charge in [-0.05, 0) is 34.5 Å². The van der Waals surface area contributed by atoms with E-state index in [9.17, 15) is 4.79 Å². The van der Waals surface area contributed by atoms with Gasteiger partial charge in [-0.25, -0.2) is 0 Å². The molecule has 0 saturated carbocycles. The molecule has 1 heterocycles. The monoisotopic (exact) mass is 298 g/mol. The van der Waals surface area contributed by atoms with Crippen molar-refractivity contribution in [1.29, 1.82) is 0 Å². The molecule has 1 aliphatic heterocycles. The van der Waals surface area contributed by atoms with Gasteiger partial charge in [-0.15, -0.1) is 0 Å². The first-order chi connectivity index (χ1) is 8.13. The first-order valence-corrected chi connectivity index (χ1v) is 6.37. The lowest BCUT2D eigenvalue weighted by Gasteiger charge is -2.17. The summed E-state index contributed by atoms with van der Waals surface area (Å²) in [4.78, 5) is 14.0. The van der Waals surface area contributed by atoms with Crippen LogP contribution in [0.5, 0.6) is 0 Å². The number of hydrogen-bond acceptors (Lipinski definition) is 3. The fraction of sp³-hybridized carbons (Fsp3) is 0.417. The van der Waals surface area contributed by atoms with Crippen molar-refractivity contribution in [2.24, 2.45) is 5.92 Å². The molecule has 4 nitrogen and oxygen atoms in total. The summed E-state index contributed by atoms with van der Waals surface area (Å²) in [5, 5.41) is 9.07. The third-order valence-corrected chi connectivity index (χ3v) is 3.98. The number of rotatable bonds is 2. The molecule has 1 aromatic carbocycles. The molecule has 0 aliphatic carbocycles. The van der Waals surface area contributed by atoms with Crippen molar-refractivity contribution < 1.29 is 9.90 Å². The van der Waals surface area contributed by atoms with Gasteiger partial charge < -0.3 is 15.7 Å². The number of hydrogen-bond donors (Lipinski definition) is 2. The van der Waals surface area contributed by atoms with Crippen LogP contribution in [0.4, 0.5) is 5.69 Å². The molecule has 1 aromatic rings. The summed E-state index contributed by atoms with van der Waals surface area (Å²) in [6, 6.07) is 5.28. The number of anilines is 1. The molecule has 92 valence electrons. The summed E-state index contributed by atoms with van der Waals surface area (Å²) in [5.41, 5.74) is 6.90. The van der Waals surface area contributed by atoms with E-state index in [0.29, 0.717) is 28.8 Å². The van der Waals surface area contributed by atoms with Gasteiger partial charge >= 0.3 is 0 Å². The highest BCUT2D eigenvalue weighted by atomic mass is 79.9. The van der Waals surface area contributed by atoms with Crippen LogP contribution in [-0.4, -0.2) is 35.6 Å². The van der Waals surface area contributed by atoms with Gasteiger partial charge in [0.15, 0.2) is 0 Å². The third kappa shape index (κ3) is 2.45. The summed E-state index contributed by atoms with van der Waals surface area (Å²) in [7, 11) is 0. The highest BCUT2D eigenvalue weighted by Gasteiger charge is 2.27. The first kappa shape index (κ1) is 12.4. The number of likely N-dealkylation sites (tertiary alicyclic amines) is 1. The van der Waals surface area contributed by atoms with Crippen molar-refractivity contribution in [2.75, 3.05) is 25.4 Å². The zero-order valence-corrected chi connectivity index (χ0v) is 11.0. The fourth-order valence-electron chi connectivity index (χ4n) is 2.05. The zero-order chi connectivity index (χ0) is 12.4. The maximum atomic E-state index is 12.2. The standard InChI is InChI=1S/C12H15BrN2O2/c13-11-9(2-1-3-10(11)14)12(17)15-5-4-8(6-15)7-16/h1-3,8,16H,4-7,14H2. The van der Waals surface area contributed by atoms with E-state index in [4.69, 9.17) is 10.8 Å². The maximum Gasteiger partial charge on any atom is 0.255 e. The van der Waals surface area contributed by atoms with Crippen molar-refractivity contribution in [1.82, 2.24) is 4.90 Å². The summed E-state index contributed by atoms with van der Waals surface area (Å²) >= 11 is 3.34. The molecule has 1 aliphatic rings. The molecule has 0 aromatic heterocycles. The molecule has 5 heteroatoms. The highest BCUT2D eigenvalue weighted by Crippen LogP contribution is 2.26. The molecule has 1 saturated heterocycles. The molecule has 17 heavy (non-hydrogen) atoms. The predicted molar refractivity (Wildman–Crippen MR) is 69.7 cm³/mol. The number of benzene rings is 1. The molecule has 0 radical (unpaired) electrons. The van der Waals surface area contributed by atoms with Gasteiger partial charge in [0.05, 0.1) is 10.0 Å². The van der Waals surface area contributed by atoms with Gasteiger partial charge in [0, 0.05) is 31.3 Å². The van der Waals surface area contributed by atoms with Crippen LogP contribution in [0.25, 0.3) is 0 Å². The Morgan fingerprint density at radius 3 is 3.00 bits per heavy atom. The van der Waals surface area contributed by atoms with E-state index in [-0.39, 0.29) is 18.4 Å². The lowest BCUT2D eigenvalue weighted by atomic mass is 10.1. The third-order valence-electron chi connectivity index (χ3n) is 3.09. The second kappa shape index (κ2) is 5.06. The van der Waals surface area contributed by atoms with Crippen molar-refractivity contribution in [3.63, 3.8) is 0 Å². The van der Waals surface area contributed by atoms with Gasteiger partial charge in [0.1, 0.15) is 0 Å². The minimum atomic E-state index is -0.0277. The number of nitrogen functional groups attached to an aromatic ring is 1. The van der Waals surface area contributed by atoms with Crippen molar-refractivity contribution >= 4 is 27.5 Å². The molecule has 3 N–H and O–H groups in total. The van der Waals surface area contributed by atoms with Gasteiger partial charge in [-0.1, -0.05) is 6.07 Å². The van der Waals surface area contributed by atoms with E-state index < -0.39 is 0 Å². The van der Waals surface area contributed by atoms with E-state index in [1.807, 2.05) is 0 Å². The quantitative estimate of drug-likeness (QED) is 0.813. The Hall–Kier alpha value is -1.07. The molecule has 0 spiro atoms. The number of carbonyl (C=O) groups excluding carboxylic acids is 1. The average Bonchev–Trinajstić information content (AvgIpc) is 2.80. The molecule has 1 amide bonds. The Morgan fingerprint density at radius 2 is 2.35 bits per heavy atom. The number of aliphatic hydroxyl groups excluding tert-OH is 1. The molecular formula is C12H15BrN2O2. The Bertz CT molecular complexity index is 437.